The summed E-state index contributed by atoms with van der Waals surface area (Å²) in [5.74, 6) is 0.239. The molecule has 0 aliphatic carbocycles. The number of hydrogen-bond acceptors (Lipinski definition) is 4. The van der Waals surface area contributed by atoms with Crippen molar-refractivity contribution in [2.24, 2.45) is 7.05 Å². The molecule has 2 aromatic rings. The Kier molecular flexibility index (Phi) is 2.51. The van der Waals surface area contributed by atoms with Crippen LogP contribution in [0.4, 0.5) is 0 Å². The minimum Gasteiger partial charge on any atom is -0.409 e. The fourth-order valence-corrected chi connectivity index (χ4v) is 1.70. The number of H-pyrrole nitrogens is 1. The van der Waals surface area contributed by atoms with Crippen molar-refractivity contribution in [1.82, 2.24) is 14.8 Å². The van der Waals surface area contributed by atoms with Crippen molar-refractivity contribution in [3.63, 3.8) is 0 Å². The zero-order chi connectivity index (χ0) is 11.9. The van der Waals surface area contributed by atoms with Gasteiger partial charge in [0.15, 0.2) is 0 Å². The number of rotatable bonds is 1. The molecule has 0 fully saturated rings. The Hall–Kier alpha value is -1.69. The lowest BCUT2D eigenvalue weighted by Crippen LogP contribution is -2.21. The Labute approximate surface area is 96.7 Å². The molecule has 2 heterocycles. The van der Waals surface area contributed by atoms with Crippen LogP contribution in [0.15, 0.2) is 15.3 Å². The lowest BCUT2D eigenvalue weighted by molar-refractivity contribution is 0.550. The standard InChI is InChI=1S/C10H11N3O2S/c1-5-4-6(2)13(3)9(14)7(5)8-11-12-10(16)15-8/h4H,1-3H3,(H,12,16). The Morgan fingerprint density at radius 1 is 1.50 bits per heavy atom. The highest BCUT2D eigenvalue weighted by Gasteiger charge is 2.14. The molecule has 0 aromatic carbocycles. The highest BCUT2D eigenvalue weighted by atomic mass is 32.1. The summed E-state index contributed by atoms with van der Waals surface area (Å²) in [4.78, 5) is 12.2. The van der Waals surface area contributed by atoms with Gasteiger partial charge in [0.05, 0.1) is 0 Å². The van der Waals surface area contributed by atoms with Gasteiger partial charge in [-0.3, -0.25) is 4.79 Å². The summed E-state index contributed by atoms with van der Waals surface area (Å²) in [5.41, 5.74) is 2.02. The minimum atomic E-state index is -0.136. The predicted molar refractivity (Wildman–Crippen MR) is 61.8 cm³/mol. The summed E-state index contributed by atoms with van der Waals surface area (Å²) in [7, 11) is 1.71. The van der Waals surface area contributed by atoms with E-state index in [-0.39, 0.29) is 16.3 Å². The van der Waals surface area contributed by atoms with E-state index in [0.29, 0.717) is 5.56 Å². The van der Waals surface area contributed by atoms with E-state index in [0.717, 1.165) is 11.3 Å². The topological polar surface area (TPSA) is 63.8 Å². The van der Waals surface area contributed by atoms with E-state index >= 15 is 0 Å². The van der Waals surface area contributed by atoms with Crippen LogP contribution in [-0.4, -0.2) is 14.8 Å². The molecular weight excluding hydrogens is 226 g/mol. The van der Waals surface area contributed by atoms with E-state index < -0.39 is 0 Å². The molecule has 84 valence electrons. The smallest absolute Gasteiger partial charge is 0.284 e. The van der Waals surface area contributed by atoms with Gasteiger partial charge in [-0.15, -0.1) is 5.10 Å². The molecule has 2 rings (SSSR count). The van der Waals surface area contributed by atoms with Gasteiger partial charge >= 0.3 is 0 Å². The second kappa shape index (κ2) is 3.71. The maximum Gasteiger partial charge on any atom is 0.284 e. The molecule has 0 saturated heterocycles. The van der Waals surface area contributed by atoms with Crippen molar-refractivity contribution in [3.8, 4) is 11.5 Å². The maximum absolute atomic E-state index is 12.0. The van der Waals surface area contributed by atoms with Crippen molar-refractivity contribution in [3.05, 3.63) is 32.5 Å². The summed E-state index contributed by atoms with van der Waals surface area (Å²) in [6.45, 7) is 3.72. The fourth-order valence-electron chi connectivity index (χ4n) is 1.58. The van der Waals surface area contributed by atoms with Gasteiger partial charge in [-0.1, -0.05) is 0 Å². The summed E-state index contributed by atoms with van der Waals surface area (Å²) in [5, 5.41) is 6.37. The second-order valence-electron chi connectivity index (χ2n) is 3.63. The predicted octanol–water partition coefficient (Wildman–Crippen LogP) is 1.71. The van der Waals surface area contributed by atoms with Crippen LogP contribution in [0.1, 0.15) is 11.3 Å². The first-order chi connectivity index (χ1) is 7.50. The van der Waals surface area contributed by atoms with Crippen molar-refractivity contribution >= 4 is 12.2 Å². The van der Waals surface area contributed by atoms with Gasteiger partial charge in [0.25, 0.3) is 16.3 Å². The molecule has 0 spiro atoms. The average Bonchev–Trinajstić information content (AvgIpc) is 2.61. The first-order valence-electron chi connectivity index (χ1n) is 4.74. The number of nitrogens with zero attached hydrogens (tertiary/aromatic N) is 2. The summed E-state index contributed by atoms with van der Waals surface area (Å²) in [6, 6.07) is 1.91. The number of aryl methyl sites for hydroxylation is 2. The molecule has 0 radical (unpaired) electrons. The van der Waals surface area contributed by atoms with E-state index in [9.17, 15) is 4.79 Å². The van der Waals surface area contributed by atoms with E-state index in [4.69, 9.17) is 16.6 Å². The molecule has 0 aliphatic heterocycles. The molecule has 0 atom stereocenters. The fraction of sp³-hybridized carbons (Fsp3) is 0.300. The molecule has 0 unspecified atom stereocenters. The monoisotopic (exact) mass is 237 g/mol. The number of hydrogen-bond donors (Lipinski definition) is 1. The molecule has 6 heteroatoms. The van der Waals surface area contributed by atoms with Crippen LogP contribution in [0.2, 0.25) is 0 Å². The lowest BCUT2D eigenvalue weighted by Gasteiger charge is -2.07. The first-order valence-corrected chi connectivity index (χ1v) is 5.14. The summed E-state index contributed by atoms with van der Waals surface area (Å²) < 4.78 is 6.71. The quantitative estimate of drug-likeness (QED) is 0.767. The Bertz CT molecular complexity index is 651. The molecule has 0 bridgehead atoms. The average molecular weight is 237 g/mol. The van der Waals surface area contributed by atoms with Crippen LogP contribution in [0.5, 0.6) is 0 Å². The second-order valence-corrected chi connectivity index (χ2v) is 4.00. The van der Waals surface area contributed by atoms with Gasteiger partial charge in [0.2, 0.25) is 0 Å². The number of pyridine rings is 1. The summed E-state index contributed by atoms with van der Waals surface area (Å²) in [6.07, 6.45) is 0. The van der Waals surface area contributed by atoms with Crippen molar-refractivity contribution in [2.75, 3.05) is 0 Å². The van der Waals surface area contributed by atoms with Gasteiger partial charge in [-0.2, -0.15) is 0 Å². The van der Waals surface area contributed by atoms with Gasteiger partial charge in [-0.05, 0) is 37.7 Å². The van der Waals surface area contributed by atoms with Crippen molar-refractivity contribution < 1.29 is 4.42 Å². The molecule has 16 heavy (non-hydrogen) atoms. The van der Waals surface area contributed by atoms with Crippen LogP contribution < -0.4 is 5.56 Å². The number of nitrogens with one attached hydrogen (secondary N) is 1. The Morgan fingerprint density at radius 2 is 2.19 bits per heavy atom. The molecule has 0 amide bonds. The van der Waals surface area contributed by atoms with Crippen LogP contribution >= 0.6 is 12.2 Å². The van der Waals surface area contributed by atoms with Crippen LogP contribution in [-0.2, 0) is 7.05 Å². The molecule has 0 aliphatic rings. The third kappa shape index (κ3) is 1.61. The van der Waals surface area contributed by atoms with Crippen molar-refractivity contribution in [1.29, 1.82) is 0 Å². The third-order valence-electron chi connectivity index (χ3n) is 2.52. The van der Waals surface area contributed by atoms with E-state index in [2.05, 4.69) is 10.2 Å². The van der Waals surface area contributed by atoms with Gasteiger partial charge in [-0.25, -0.2) is 5.10 Å². The minimum absolute atomic E-state index is 0.136. The van der Waals surface area contributed by atoms with Crippen molar-refractivity contribution in [2.45, 2.75) is 13.8 Å². The van der Waals surface area contributed by atoms with E-state index in [1.165, 1.54) is 0 Å². The highest BCUT2D eigenvalue weighted by Crippen LogP contribution is 2.17. The van der Waals surface area contributed by atoms with Gasteiger partial charge in [0.1, 0.15) is 5.56 Å². The largest absolute Gasteiger partial charge is 0.409 e. The Morgan fingerprint density at radius 3 is 2.75 bits per heavy atom. The highest BCUT2D eigenvalue weighted by molar-refractivity contribution is 7.71. The van der Waals surface area contributed by atoms with Crippen LogP contribution in [0, 0.1) is 18.7 Å². The van der Waals surface area contributed by atoms with Crippen LogP contribution in [0.25, 0.3) is 11.5 Å². The first kappa shape index (κ1) is 10.8. The number of aromatic nitrogens is 3. The Balaban J connectivity index is 2.80. The maximum atomic E-state index is 12.0. The molecule has 5 nitrogen and oxygen atoms in total. The normalized spacial score (nSPS) is 10.7. The third-order valence-corrected chi connectivity index (χ3v) is 2.69. The van der Waals surface area contributed by atoms with Crippen LogP contribution in [0.3, 0.4) is 0 Å². The van der Waals surface area contributed by atoms with Gasteiger partial charge in [0, 0.05) is 12.7 Å². The molecule has 2 aromatic heterocycles. The van der Waals surface area contributed by atoms with E-state index in [1.807, 2.05) is 19.9 Å². The summed E-state index contributed by atoms with van der Waals surface area (Å²) >= 11 is 4.78. The molecule has 1 N–H and O–H groups in total. The van der Waals surface area contributed by atoms with Gasteiger partial charge < -0.3 is 8.98 Å². The number of aromatic amines is 1. The molecular formula is C10H11N3O2S. The zero-order valence-electron chi connectivity index (χ0n) is 9.20. The zero-order valence-corrected chi connectivity index (χ0v) is 10.0. The molecule has 0 saturated carbocycles. The SMILES string of the molecule is Cc1cc(C)n(C)c(=O)c1-c1n[nH]c(=S)o1. The lowest BCUT2D eigenvalue weighted by atomic mass is 10.1. The van der Waals surface area contributed by atoms with E-state index in [1.54, 1.807) is 11.6 Å².